The molecule has 2 atom stereocenters. The second kappa shape index (κ2) is 9.80. The van der Waals surface area contributed by atoms with E-state index in [-0.39, 0.29) is 0 Å². The van der Waals surface area contributed by atoms with Gasteiger partial charge in [0.15, 0.2) is 0 Å². The van der Waals surface area contributed by atoms with Crippen LogP contribution in [0.4, 0.5) is 0 Å². The lowest BCUT2D eigenvalue weighted by molar-refractivity contribution is 0.271. The van der Waals surface area contributed by atoms with Crippen molar-refractivity contribution in [1.82, 2.24) is 10.2 Å². The number of hydrogen-bond donors (Lipinski definition) is 1. The molecule has 0 aliphatic carbocycles. The fourth-order valence-corrected chi connectivity index (χ4v) is 3.08. The van der Waals surface area contributed by atoms with Gasteiger partial charge >= 0.3 is 0 Å². The van der Waals surface area contributed by atoms with Crippen molar-refractivity contribution in [2.75, 3.05) is 26.7 Å². The summed E-state index contributed by atoms with van der Waals surface area (Å²) in [5.74, 6) is 1.02. The Hall–Kier alpha value is -0.0800. The monoisotopic (exact) mass is 254 g/mol. The zero-order valence-corrected chi connectivity index (χ0v) is 12.9. The van der Waals surface area contributed by atoms with Crippen LogP contribution >= 0.6 is 0 Å². The van der Waals surface area contributed by atoms with Crippen LogP contribution in [0.25, 0.3) is 0 Å². The summed E-state index contributed by atoms with van der Waals surface area (Å²) in [6.07, 6.45) is 11.2. The second-order valence-corrected chi connectivity index (χ2v) is 6.11. The van der Waals surface area contributed by atoms with Crippen molar-refractivity contribution in [3.05, 3.63) is 0 Å². The quantitative estimate of drug-likeness (QED) is 0.665. The highest BCUT2D eigenvalue weighted by Crippen LogP contribution is 2.22. The van der Waals surface area contributed by atoms with E-state index in [2.05, 4.69) is 31.1 Å². The van der Waals surface area contributed by atoms with E-state index in [0.717, 1.165) is 5.92 Å². The lowest BCUT2D eigenvalue weighted by Crippen LogP contribution is -2.26. The SMILES string of the molecule is CCCC1CCCN(CCCCC(C)NC)CC1. The maximum atomic E-state index is 3.32. The molecule has 1 N–H and O–H groups in total. The van der Waals surface area contributed by atoms with Crippen molar-refractivity contribution in [2.24, 2.45) is 5.92 Å². The van der Waals surface area contributed by atoms with Gasteiger partial charge in [0, 0.05) is 6.04 Å². The van der Waals surface area contributed by atoms with Gasteiger partial charge < -0.3 is 10.2 Å². The third-order valence-corrected chi connectivity index (χ3v) is 4.49. The summed E-state index contributed by atoms with van der Waals surface area (Å²) < 4.78 is 0. The molecule has 2 unspecified atom stereocenters. The Kier molecular flexibility index (Phi) is 8.70. The van der Waals surface area contributed by atoms with E-state index in [0.29, 0.717) is 6.04 Å². The molecule has 1 saturated heterocycles. The molecule has 0 radical (unpaired) electrons. The van der Waals surface area contributed by atoms with E-state index in [4.69, 9.17) is 0 Å². The fourth-order valence-electron chi connectivity index (χ4n) is 3.08. The molecule has 0 bridgehead atoms. The highest BCUT2D eigenvalue weighted by Gasteiger charge is 2.15. The van der Waals surface area contributed by atoms with Crippen molar-refractivity contribution in [3.8, 4) is 0 Å². The van der Waals surface area contributed by atoms with Gasteiger partial charge in [-0.05, 0) is 71.6 Å². The summed E-state index contributed by atoms with van der Waals surface area (Å²) >= 11 is 0. The van der Waals surface area contributed by atoms with E-state index in [1.165, 1.54) is 71.0 Å². The summed E-state index contributed by atoms with van der Waals surface area (Å²) in [7, 11) is 2.06. The minimum Gasteiger partial charge on any atom is -0.317 e. The molecule has 0 aromatic carbocycles. The highest BCUT2D eigenvalue weighted by molar-refractivity contribution is 4.70. The van der Waals surface area contributed by atoms with Crippen molar-refractivity contribution in [2.45, 2.75) is 71.3 Å². The lowest BCUT2D eigenvalue weighted by atomic mass is 9.96. The molecule has 1 fully saturated rings. The second-order valence-electron chi connectivity index (χ2n) is 6.11. The molecule has 1 heterocycles. The molecule has 2 nitrogen and oxygen atoms in total. The Bertz CT molecular complexity index is 194. The average molecular weight is 254 g/mol. The van der Waals surface area contributed by atoms with Crippen molar-refractivity contribution in [3.63, 3.8) is 0 Å². The van der Waals surface area contributed by atoms with Crippen LogP contribution in [-0.4, -0.2) is 37.6 Å². The fraction of sp³-hybridized carbons (Fsp3) is 1.00. The van der Waals surface area contributed by atoms with Gasteiger partial charge in [-0.1, -0.05) is 26.2 Å². The normalized spacial score (nSPS) is 23.8. The summed E-state index contributed by atoms with van der Waals surface area (Å²) in [6, 6.07) is 0.683. The Morgan fingerprint density at radius 3 is 2.78 bits per heavy atom. The summed E-state index contributed by atoms with van der Waals surface area (Å²) in [5, 5.41) is 3.32. The van der Waals surface area contributed by atoms with Crippen molar-refractivity contribution in [1.29, 1.82) is 0 Å². The Labute approximate surface area is 115 Å². The van der Waals surface area contributed by atoms with Gasteiger partial charge in [0.05, 0.1) is 0 Å². The summed E-state index contributed by atoms with van der Waals surface area (Å²) in [4.78, 5) is 2.71. The number of unbranched alkanes of at least 4 members (excludes halogenated alkanes) is 1. The number of nitrogens with zero attached hydrogens (tertiary/aromatic N) is 1. The smallest absolute Gasteiger partial charge is 0.00357 e. The standard InChI is InChI=1S/C16H34N2/c1-4-8-16-10-7-13-18(14-11-16)12-6-5-9-15(2)17-3/h15-17H,4-14H2,1-3H3. The molecule has 1 aliphatic heterocycles. The first-order chi connectivity index (χ1) is 8.76. The van der Waals surface area contributed by atoms with Crippen LogP contribution in [-0.2, 0) is 0 Å². The average Bonchev–Trinajstić information content (AvgIpc) is 2.60. The zero-order valence-electron chi connectivity index (χ0n) is 12.9. The molecular formula is C16H34N2. The van der Waals surface area contributed by atoms with Gasteiger partial charge in [-0.3, -0.25) is 0 Å². The van der Waals surface area contributed by atoms with Crippen LogP contribution in [0, 0.1) is 5.92 Å². The van der Waals surface area contributed by atoms with Gasteiger partial charge in [0.2, 0.25) is 0 Å². The van der Waals surface area contributed by atoms with Gasteiger partial charge in [-0.25, -0.2) is 0 Å². The summed E-state index contributed by atoms with van der Waals surface area (Å²) in [6.45, 7) is 8.64. The van der Waals surface area contributed by atoms with Crippen LogP contribution in [0.2, 0.25) is 0 Å². The molecule has 0 saturated carbocycles. The minimum absolute atomic E-state index is 0.683. The van der Waals surface area contributed by atoms with Gasteiger partial charge in [0.25, 0.3) is 0 Å². The zero-order chi connectivity index (χ0) is 13.2. The van der Waals surface area contributed by atoms with E-state index < -0.39 is 0 Å². The van der Waals surface area contributed by atoms with E-state index in [1.807, 2.05) is 0 Å². The van der Waals surface area contributed by atoms with Gasteiger partial charge in [0.1, 0.15) is 0 Å². The third kappa shape index (κ3) is 6.75. The van der Waals surface area contributed by atoms with Crippen LogP contribution in [0.15, 0.2) is 0 Å². The van der Waals surface area contributed by atoms with E-state index in [9.17, 15) is 0 Å². The van der Waals surface area contributed by atoms with Gasteiger partial charge in [-0.2, -0.15) is 0 Å². The predicted octanol–water partition coefficient (Wildman–Crippen LogP) is 3.67. The molecule has 0 amide bonds. The molecule has 108 valence electrons. The molecule has 0 aromatic heterocycles. The molecule has 18 heavy (non-hydrogen) atoms. The highest BCUT2D eigenvalue weighted by atomic mass is 15.1. The molecule has 1 rings (SSSR count). The molecule has 0 aromatic rings. The molecule has 2 heteroatoms. The Morgan fingerprint density at radius 1 is 1.22 bits per heavy atom. The van der Waals surface area contributed by atoms with Crippen LogP contribution in [0.3, 0.4) is 0 Å². The maximum Gasteiger partial charge on any atom is 0.00357 e. The largest absolute Gasteiger partial charge is 0.317 e. The topological polar surface area (TPSA) is 15.3 Å². The van der Waals surface area contributed by atoms with Crippen LogP contribution in [0.1, 0.15) is 65.2 Å². The Balaban J connectivity index is 2.08. The van der Waals surface area contributed by atoms with E-state index in [1.54, 1.807) is 0 Å². The molecular weight excluding hydrogens is 220 g/mol. The third-order valence-electron chi connectivity index (χ3n) is 4.49. The number of likely N-dealkylation sites (tertiary alicyclic amines) is 1. The maximum absolute atomic E-state index is 3.32. The van der Waals surface area contributed by atoms with Crippen molar-refractivity contribution < 1.29 is 0 Å². The van der Waals surface area contributed by atoms with Gasteiger partial charge in [-0.15, -0.1) is 0 Å². The first-order valence-corrected chi connectivity index (χ1v) is 8.15. The number of hydrogen-bond acceptors (Lipinski definition) is 2. The molecule has 0 spiro atoms. The first-order valence-electron chi connectivity index (χ1n) is 8.15. The van der Waals surface area contributed by atoms with Crippen LogP contribution < -0.4 is 5.32 Å². The predicted molar refractivity (Wildman–Crippen MR) is 81.1 cm³/mol. The minimum atomic E-state index is 0.683. The van der Waals surface area contributed by atoms with E-state index >= 15 is 0 Å². The Morgan fingerprint density at radius 2 is 2.06 bits per heavy atom. The number of nitrogens with one attached hydrogen (secondary N) is 1. The lowest BCUT2D eigenvalue weighted by Gasteiger charge is -2.20. The van der Waals surface area contributed by atoms with Crippen molar-refractivity contribution >= 4 is 0 Å². The number of rotatable bonds is 8. The van der Waals surface area contributed by atoms with Crippen LogP contribution in [0.5, 0.6) is 0 Å². The first kappa shape index (κ1) is 16.0. The summed E-state index contributed by atoms with van der Waals surface area (Å²) in [5.41, 5.74) is 0. The molecule has 1 aliphatic rings.